The summed E-state index contributed by atoms with van der Waals surface area (Å²) in [7, 11) is 0. The Bertz CT molecular complexity index is 1630. The van der Waals surface area contributed by atoms with Gasteiger partial charge in [0.1, 0.15) is 0 Å². The van der Waals surface area contributed by atoms with Gasteiger partial charge in [-0.2, -0.15) is 0 Å². The molecule has 0 aliphatic carbocycles. The third kappa shape index (κ3) is 9.33. The molecule has 4 aliphatic heterocycles. The molecule has 4 heterocycles. The summed E-state index contributed by atoms with van der Waals surface area (Å²) in [6, 6.07) is 18.2. The van der Waals surface area contributed by atoms with Crippen LogP contribution >= 0.6 is 0 Å². The van der Waals surface area contributed by atoms with Gasteiger partial charge in [0.2, 0.25) is 0 Å². The Morgan fingerprint density at radius 2 is 0.792 bits per heavy atom. The zero-order valence-corrected chi connectivity index (χ0v) is 33.6. The normalized spacial score (nSPS) is 16.5. The Balaban J connectivity index is 0.00000225. The molecule has 0 fully saturated rings. The summed E-state index contributed by atoms with van der Waals surface area (Å²) in [6.45, 7) is 7.79. The second kappa shape index (κ2) is 17.7. The van der Waals surface area contributed by atoms with Crippen molar-refractivity contribution in [3.63, 3.8) is 0 Å². The van der Waals surface area contributed by atoms with E-state index in [1.807, 2.05) is 0 Å². The van der Waals surface area contributed by atoms with Gasteiger partial charge in [0.05, 0.1) is 0 Å². The third-order valence-electron chi connectivity index (χ3n) is 8.69. The molecule has 0 amide bonds. The summed E-state index contributed by atoms with van der Waals surface area (Å²) in [4.78, 5) is 4.95. The molecule has 0 bridgehead atoms. The number of nitrogens with zero attached hydrogens (tertiary/aromatic N) is 6. The van der Waals surface area contributed by atoms with Crippen molar-refractivity contribution in [2.45, 2.75) is 13.1 Å². The Hall–Kier alpha value is -3.53. The van der Waals surface area contributed by atoms with Crippen molar-refractivity contribution in [1.29, 1.82) is 0 Å². The van der Waals surface area contributed by atoms with Crippen LogP contribution in [0.15, 0.2) is 144 Å². The van der Waals surface area contributed by atoms with E-state index < -0.39 is 0 Å². The first kappa shape index (κ1) is 35.8. The van der Waals surface area contributed by atoms with Crippen LogP contribution in [0.3, 0.4) is 0 Å². The minimum Gasteiger partial charge on any atom is -0.684 e. The van der Waals surface area contributed by atoms with E-state index in [4.69, 9.17) is 21.3 Å². The fourth-order valence-electron chi connectivity index (χ4n) is 6.45. The zero-order chi connectivity index (χ0) is 31.0. The molecule has 234 valence electrons. The number of fused-ring (bicyclic) bond motifs is 2. The molecule has 3 aromatic rings. The summed E-state index contributed by atoms with van der Waals surface area (Å²) in [5.41, 5.74) is 7.12. The van der Waals surface area contributed by atoms with Crippen LogP contribution < -0.4 is 0 Å². The largest absolute Gasteiger partial charge is 2.00 e. The smallest absolute Gasteiger partial charge is 0.684 e. The van der Waals surface area contributed by atoms with Gasteiger partial charge in [-0.1, -0.05) is 85.0 Å². The Morgan fingerprint density at radius 1 is 0.438 bits per heavy atom. The second-order valence-corrected chi connectivity index (χ2v) is 12.1. The number of hydrogen-bond acceptors (Lipinski definition) is 2. The molecule has 48 heavy (non-hydrogen) atoms. The Kier molecular flexibility index (Phi) is 13.2. The molecule has 0 aromatic heterocycles. The van der Waals surface area contributed by atoms with Gasteiger partial charge in [0.25, 0.3) is 0 Å². The van der Waals surface area contributed by atoms with Crippen LogP contribution in [0.1, 0.15) is 11.1 Å². The van der Waals surface area contributed by atoms with Crippen molar-refractivity contribution in [3.8, 4) is 0 Å². The summed E-state index contributed by atoms with van der Waals surface area (Å²) >= 11 is 0. The zero-order valence-electron chi connectivity index (χ0n) is 27.7. The van der Waals surface area contributed by atoms with E-state index in [-0.39, 0.29) is 39.0 Å². The van der Waals surface area contributed by atoms with Crippen LogP contribution in [0.25, 0.3) is 42.8 Å². The quantitative estimate of drug-likeness (QED) is 0.138. The van der Waals surface area contributed by atoms with Crippen LogP contribution in [0.4, 0.5) is 0 Å². The van der Waals surface area contributed by atoms with Gasteiger partial charge in [0.15, 0.2) is 0 Å². The van der Waals surface area contributed by atoms with Crippen molar-refractivity contribution in [2.24, 2.45) is 0 Å². The van der Waals surface area contributed by atoms with Gasteiger partial charge in [-0.15, -0.1) is 73.3 Å². The molecule has 0 N–H and O–H groups in total. The standard InChI is InChI=1S/C40H40N6.2Zn/c1-5-19-41-35(15-1)27-45(28-36-16-2-6-20-42-36)25-33-13-9-11-31-23-32-12-10-14-34(40(32)24-39(31)33)26-46(29-37-17-3-7-21-43-37)30-38-18-4-8-22-44-38;;/h1-18,23-24H,19-22,25-30H2;;/q-4;2*+2. The summed E-state index contributed by atoms with van der Waals surface area (Å²) in [6.07, 6.45) is 25.4. The SMILES string of the molecule is C1=CC[N-]C(CN(CC2=CC=CC[N-]2)Cc2cccc3cc4cccc(CN(CC5=CC=CC[N-]5)CC5=CC=CC[N-]5)c4cc23)=C1.[Zn+2].[Zn+2]. The topological polar surface area (TPSA) is 62.9 Å². The maximum Gasteiger partial charge on any atom is 2.00 e. The molecule has 0 saturated heterocycles. The van der Waals surface area contributed by atoms with Gasteiger partial charge in [-0.05, 0) is 44.8 Å². The maximum atomic E-state index is 4.77. The summed E-state index contributed by atoms with van der Waals surface area (Å²) in [5, 5.41) is 24.2. The average Bonchev–Trinajstić information content (AvgIpc) is 3.10. The van der Waals surface area contributed by atoms with Crippen molar-refractivity contribution in [1.82, 2.24) is 9.80 Å². The third-order valence-corrected chi connectivity index (χ3v) is 8.69. The average molecular weight is 736 g/mol. The maximum absolute atomic E-state index is 4.77. The fourth-order valence-corrected chi connectivity index (χ4v) is 6.45. The van der Waals surface area contributed by atoms with E-state index in [1.165, 1.54) is 32.7 Å². The van der Waals surface area contributed by atoms with Crippen molar-refractivity contribution >= 4 is 21.5 Å². The fraction of sp³-hybridized carbons (Fsp3) is 0.250. The molecule has 4 aliphatic rings. The van der Waals surface area contributed by atoms with E-state index in [0.717, 1.165) is 88.2 Å². The van der Waals surface area contributed by atoms with Crippen molar-refractivity contribution in [3.05, 3.63) is 177 Å². The van der Waals surface area contributed by atoms with Gasteiger partial charge in [-0.3, -0.25) is 9.80 Å². The molecule has 8 heteroatoms. The predicted octanol–water partition coefficient (Wildman–Crippen LogP) is 8.90. The van der Waals surface area contributed by atoms with Gasteiger partial charge in [-0.25, -0.2) is 0 Å². The minimum absolute atomic E-state index is 0. The van der Waals surface area contributed by atoms with E-state index in [9.17, 15) is 0 Å². The minimum atomic E-state index is 0. The first-order chi connectivity index (χ1) is 22.8. The summed E-state index contributed by atoms with van der Waals surface area (Å²) < 4.78 is 0. The summed E-state index contributed by atoms with van der Waals surface area (Å²) in [5.74, 6) is 0. The molecule has 0 spiro atoms. The molecule has 0 radical (unpaired) electrons. The van der Waals surface area contributed by atoms with Crippen molar-refractivity contribution < 1.29 is 39.0 Å². The van der Waals surface area contributed by atoms with Crippen LogP contribution in [-0.4, -0.2) is 62.2 Å². The number of benzene rings is 3. The van der Waals surface area contributed by atoms with E-state index >= 15 is 0 Å². The first-order valence-corrected chi connectivity index (χ1v) is 16.3. The Labute approximate surface area is 310 Å². The molecular weight excluding hydrogens is 695 g/mol. The number of allylic oxidation sites excluding steroid dienone is 8. The van der Waals surface area contributed by atoms with Gasteiger partial charge >= 0.3 is 39.0 Å². The second-order valence-electron chi connectivity index (χ2n) is 12.1. The molecule has 0 atom stereocenters. The predicted molar refractivity (Wildman–Crippen MR) is 194 cm³/mol. The Morgan fingerprint density at radius 3 is 1.10 bits per heavy atom. The molecule has 0 unspecified atom stereocenters. The molecule has 0 saturated carbocycles. The van der Waals surface area contributed by atoms with Crippen LogP contribution in [0, 0.1) is 0 Å². The first-order valence-electron chi connectivity index (χ1n) is 16.3. The van der Waals surface area contributed by atoms with Crippen LogP contribution in [0.2, 0.25) is 0 Å². The van der Waals surface area contributed by atoms with Crippen molar-refractivity contribution in [2.75, 3.05) is 52.4 Å². The number of hydrogen-bond donors (Lipinski definition) is 0. The van der Waals surface area contributed by atoms with Gasteiger partial charge in [0, 0.05) is 39.3 Å². The van der Waals surface area contributed by atoms with Gasteiger partial charge < -0.3 is 21.3 Å². The van der Waals surface area contributed by atoms with E-state index in [1.54, 1.807) is 0 Å². The van der Waals surface area contributed by atoms with E-state index in [0.29, 0.717) is 0 Å². The number of rotatable bonds is 12. The molecule has 6 nitrogen and oxygen atoms in total. The molecule has 7 rings (SSSR count). The van der Waals surface area contributed by atoms with Crippen LogP contribution in [-0.2, 0) is 52.0 Å². The monoisotopic (exact) mass is 732 g/mol. The molecular formula is C40H40N6Zn2. The molecule has 3 aromatic carbocycles. The van der Waals surface area contributed by atoms with E-state index in [2.05, 4.69) is 131 Å². The van der Waals surface area contributed by atoms with Crippen LogP contribution in [0.5, 0.6) is 0 Å².